The number of aliphatic hydroxyl groups excluding tert-OH is 3. The van der Waals surface area contributed by atoms with E-state index in [2.05, 4.69) is 0 Å². The zero-order valence-corrected chi connectivity index (χ0v) is 5.20. The van der Waals surface area contributed by atoms with Crippen molar-refractivity contribution in [1.82, 2.24) is 0 Å². The van der Waals surface area contributed by atoms with Crippen molar-refractivity contribution in [2.45, 2.75) is 25.0 Å². The van der Waals surface area contributed by atoms with Gasteiger partial charge < -0.3 is 15.3 Å². The predicted octanol–water partition coefficient (Wildman–Crippen LogP) is -0.890. The Labute approximate surface area is 53.9 Å². The number of rotatable bonds is 1. The van der Waals surface area contributed by atoms with Crippen molar-refractivity contribution in [3.63, 3.8) is 0 Å². The average molecular weight is 132 g/mol. The third kappa shape index (κ3) is 1.41. The maximum atomic E-state index is 9.04. The zero-order valence-electron chi connectivity index (χ0n) is 5.20. The highest BCUT2D eigenvalue weighted by molar-refractivity contribution is 4.81. The maximum absolute atomic E-state index is 9.04. The minimum absolute atomic E-state index is 0.0156. The predicted molar refractivity (Wildman–Crippen MR) is 31.8 cm³/mol. The molecule has 0 radical (unpaired) electrons. The first kappa shape index (κ1) is 6.99. The van der Waals surface area contributed by atoms with Gasteiger partial charge in [0.1, 0.15) is 0 Å². The van der Waals surface area contributed by atoms with E-state index in [9.17, 15) is 0 Å². The lowest BCUT2D eigenvalue weighted by Gasteiger charge is -2.07. The fourth-order valence-corrected chi connectivity index (χ4v) is 1.27. The Morgan fingerprint density at radius 2 is 1.89 bits per heavy atom. The molecule has 54 valence electrons. The van der Waals surface area contributed by atoms with Crippen molar-refractivity contribution in [2.24, 2.45) is 5.92 Å². The van der Waals surface area contributed by atoms with Gasteiger partial charge in [0.25, 0.3) is 0 Å². The molecule has 1 rings (SSSR count). The van der Waals surface area contributed by atoms with E-state index in [1.165, 1.54) is 0 Å². The molecule has 3 atom stereocenters. The van der Waals surface area contributed by atoms with Crippen molar-refractivity contribution in [2.75, 3.05) is 6.61 Å². The van der Waals surface area contributed by atoms with Gasteiger partial charge in [-0.2, -0.15) is 0 Å². The van der Waals surface area contributed by atoms with Crippen LogP contribution in [-0.4, -0.2) is 34.1 Å². The standard InChI is InChI=1S/C6H12O3/c7-3-4-1-5(8)2-6(4)9/h4-9H,1-3H2/t4-,5-,6+/m1/s1. The Balaban J connectivity index is 2.38. The third-order valence-electron chi connectivity index (χ3n) is 1.87. The van der Waals surface area contributed by atoms with Crippen LogP contribution in [0.1, 0.15) is 12.8 Å². The number of hydrogen-bond acceptors (Lipinski definition) is 3. The van der Waals surface area contributed by atoms with Crippen LogP contribution < -0.4 is 0 Å². The van der Waals surface area contributed by atoms with Crippen molar-refractivity contribution < 1.29 is 15.3 Å². The highest BCUT2D eigenvalue weighted by atomic mass is 16.3. The lowest BCUT2D eigenvalue weighted by atomic mass is 10.1. The van der Waals surface area contributed by atoms with E-state index >= 15 is 0 Å². The van der Waals surface area contributed by atoms with Crippen molar-refractivity contribution >= 4 is 0 Å². The van der Waals surface area contributed by atoms with Gasteiger partial charge >= 0.3 is 0 Å². The van der Waals surface area contributed by atoms with Crippen LogP contribution in [0.3, 0.4) is 0 Å². The lowest BCUT2D eigenvalue weighted by molar-refractivity contribution is 0.0893. The van der Waals surface area contributed by atoms with E-state index in [0.29, 0.717) is 12.8 Å². The summed E-state index contributed by atoms with van der Waals surface area (Å²) in [6, 6.07) is 0. The summed E-state index contributed by atoms with van der Waals surface area (Å²) >= 11 is 0. The van der Waals surface area contributed by atoms with Gasteiger partial charge in [0, 0.05) is 12.5 Å². The summed E-state index contributed by atoms with van der Waals surface area (Å²) in [7, 11) is 0. The van der Waals surface area contributed by atoms with Gasteiger partial charge in [-0.15, -0.1) is 0 Å². The Kier molecular flexibility index (Phi) is 2.05. The number of hydrogen-bond donors (Lipinski definition) is 3. The Morgan fingerprint density at radius 1 is 1.22 bits per heavy atom. The second-order valence-electron chi connectivity index (χ2n) is 2.64. The molecule has 1 aliphatic rings. The van der Waals surface area contributed by atoms with Gasteiger partial charge in [-0.05, 0) is 12.8 Å². The van der Waals surface area contributed by atoms with Crippen LogP contribution in [0, 0.1) is 5.92 Å². The summed E-state index contributed by atoms with van der Waals surface area (Å²) in [6.45, 7) is -0.0156. The molecular formula is C6H12O3. The van der Waals surface area contributed by atoms with Gasteiger partial charge in [-0.25, -0.2) is 0 Å². The molecule has 9 heavy (non-hydrogen) atoms. The molecule has 1 saturated carbocycles. The average Bonchev–Trinajstić information content (AvgIpc) is 2.10. The first-order chi connectivity index (χ1) is 4.24. The largest absolute Gasteiger partial charge is 0.396 e. The van der Waals surface area contributed by atoms with Crippen molar-refractivity contribution in [1.29, 1.82) is 0 Å². The molecule has 1 fully saturated rings. The van der Waals surface area contributed by atoms with E-state index in [0.717, 1.165) is 0 Å². The van der Waals surface area contributed by atoms with Crippen LogP contribution in [0.15, 0.2) is 0 Å². The van der Waals surface area contributed by atoms with E-state index in [-0.39, 0.29) is 12.5 Å². The van der Waals surface area contributed by atoms with Gasteiger partial charge in [0.05, 0.1) is 12.2 Å². The molecule has 0 aromatic heterocycles. The molecule has 0 aromatic carbocycles. The van der Waals surface area contributed by atoms with Crippen molar-refractivity contribution in [3.05, 3.63) is 0 Å². The summed E-state index contributed by atoms with van der Waals surface area (Å²) in [5.74, 6) is -0.0972. The van der Waals surface area contributed by atoms with Gasteiger partial charge in [-0.3, -0.25) is 0 Å². The summed E-state index contributed by atoms with van der Waals surface area (Å²) in [6.07, 6.45) is 0.0604. The minimum Gasteiger partial charge on any atom is -0.396 e. The topological polar surface area (TPSA) is 60.7 Å². The summed E-state index contributed by atoms with van der Waals surface area (Å²) < 4.78 is 0. The second kappa shape index (κ2) is 2.64. The van der Waals surface area contributed by atoms with Crippen LogP contribution in [0.25, 0.3) is 0 Å². The fraction of sp³-hybridized carbons (Fsp3) is 1.00. The van der Waals surface area contributed by atoms with E-state index < -0.39 is 12.2 Å². The highest BCUT2D eigenvalue weighted by Crippen LogP contribution is 2.24. The van der Waals surface area contributed by atoms with E-state index in [1.807, 2.05) is 0 Å². The smallest absolute Gasteiger partial charge is 0.0615 e. The molecule has 1 aliphatic carbocycles. The Bertz CT molecular complexity index is 94.3. The van der Waals surface area contributed by atoms with Crippen LogP contribution in [0.2, 0.25) is 0 Å². The molecule has 0 unspecified atom stereocenters. The maximum Gasteiger partial charge on any atom is 0.0615 e. The summed E-state index contributed by atoms with van der Waals surface area (Å²) in [5.41, 5.74) is 0. The molecule has 0 aromatic rings. The summed E-state index contributed by atoms with van der Waals surface area (Å²) in [4.78, 5) is 0. The van der Waals surface area contributed by atoms with Crippen LogP contribution in [0.4, 0.5) is 0 Å². The number of aliphatic hydroxyl groups is 3. The van der Waals surface area contributed by atoms with Gasteiger partial charge in [0.15, 0.2) is 0 Å². The highest BCUT2D eigenvalue weighted by Gasteiger charge is 2.30. The fourth-order valence-electron chi connectivity index (χ4n) is 1.27. The molecular weight excluding hydrogens is 120 g/mol. The quantitative estimate of drug-likeness (QED) is 0.434. The third-order valence-corrected chi connectivity index (χ3v) is 1.87. The molecule has 3 nitrogen and oxygen atoms in total. The van der Waals surface area contributed by atoms with Gasteiger partial charge in [-0.1, -0.05) is 0 Å². The summed E-state index contributed by atoms with van der Waals surface area (Å²) in [5, 5.41) is 26.6. The van der Waals surface area contributed by atoms with Crippen molar-refractivity contribution in [3.8, 4) is 0 Å². The molecule has 0 saturated heterocycles. The molecule has 0 heterocycles. The molecule has 3 N–H and O–H groups in total. The van der Waals surface area contributed by atoms with E-state index in [4.69, 9.17) is 15.3 Å². The molecule has 0 aliphatic heterocycles. The first-order valence-corrected chi connectivity index (χ1v) is 3.21. The van der Waals surface area contributed by atoms with Crippen LogP contribution in [0.5, 0.6) is 0 Å². The minimum atomic E-state index is -0.495. The van der Waals surface area contributed by atoms with Crippen LogP contribution in [-0.2, 0) is 0 Å². The second-order valence-corrected chi connectivity index (χ2v) is 2.64. The molecule has 0 amide bonds. The Morgan fingerprint density at radius 3 is 2.11 bits per heavy atom. The first-order valence-electron chi connectivity index (χ1n) is 3.21. The SMILES string of the molecule is OC[C@H]1C[C@@H](O)C[C@@H]1O. The lowest BCUT2D eigenvalue weighted by Crippen LogP contribution is -2.16. The molecule has 3 heteroatoms. The normalized spacial score (nSPS) is 43.7. The Hall–Kier alpha value is -0.120. The zero-order chi connectivity index (χ0) is 6.85. The van der Waals surface area contributed by atoms with Gasteiger partial charge in [0.2, 0.25) is 0 Å². The monoisotopic (exact) mass is 132 g/mol. The molecule has 0 spiro atoms. The molecule has 0 bridgehead atoms. The van der Waals surface area contributed by atoms with Crippen LogP contribution >= 0.6 is 0 Å². The van der Waals surface area contributed by atoms with E-state index in [1.54, 1.807) is 0 Å².